The van der Waals surface area contributed by atoms with E-state index in [0.29, 0.717) is 5.56 Å². The molecule has 0 heterocycles. The molecule has 0 saturated heterocycles. The number of benzene rings is 1. The summed E-state index contributed by atoms with van der Waals surface area (Å²) >= 11 is 5.66. The van der Waals surface area contributed by atoms with E-state index >= 15 is 0 Å². The van der Waals surface area contributed by atoms with E-state index < -0.39 is 30.0 Å². The predicted molar refractivity (Wildman–Crippen MR) is 119 cm³/mol. The Morgan fingerprint density at radius 2 is 1.36 bits per heavy atom. The van der Waals surface area contributed by atoms with Gasteiger partial charge in [-0.3, -0.25) is 0 Å². The van der Waals surface area contributed by atoms with Gasteiger partial charge in [-0.2, -0.15) is 0 Å². The summed E-state index contributed by atoms with van der Waals surface area (Å²) in [6.45, 7) is 8.91. The minimum absolute atomic E-state index is 0.0179. The second kappa shape index (κ2) is 14.1. The minimum Gasteiger partial charge on any atom is -0.459 e. The van der Waals surface area contributed by atoms with Gasteiger partial charge in [-0.1, -0.05) is 25.3 Å². The van der Waals surface area contributed by atoms with Crippen LogP contribution in [0, 0.1) is 0 Å². The Morgan fingerprint density at radius 3 is 1.85 bits per heavy atom. The van der Waals surface area contributed by atoms with Gasteiger partial charge in [0.1, 0.15) is 26.4 Å². The molecule has 9 nitrogen and oxygen atoms in total. The van der Waals surface area contributed by atoms with Crippen molar-refractivity contribution < 1.29 is 43.2 Å². The topological polar surface area (TPSA) is 125 Å². The highest BCUT2D eigenvalue weighted by molar-refractivity contribution is 6.18. The molecule has 1 rings (SSSR count). The van der Waals surface area contributed by atoms with Gasteiger partial charge in [-0.05, 0) is 25.5 Å². The summed E-state index contributed by atoms with van der Waals surface area (Å²) < 4.78 is 20.0. The molecule has 0 aromatic heterocycles. The van der Waals surface area contributed by atoms with Gasteiger partial charge < -0.3 is 24.1 Å². The van der Waals surface area contributed by atoms with Crippen molar-refractivity contribution in [2.24, 2.45) is 0 Å². The first-order valence-corrected chi connectivity index (χ1v) is 10.5. The lowest BCUT2D eigenvalue weighted by Crippen LogP contribution is -2.22. The minimum atomic E-state index is -0.970. The second-order valence-corrected chi connectivity index (χ2v) is 7.26. The van der Waals surface area contributed by atoms with Crippen molar-refractivity contribution >= 4 is 35.5 Å². The van der Waals surface area contributed by atoms with Crippen molar-refractivity contribution in [2.45, 2.75) is 26.4 Å². The molecule has 0 fully saturated rings. The molecule has 1 aromatic carbocycles. The van der Waals surface area contributed by atoms with Crippen LogP contribution in [-0.4, -0.2) is 67.4 Å². The molecule has 1 aromatic rings. The maximum atomic E-state index is 12.8. The molecule has 10 heteroatoms. The van der Waals surface area contributed by atoms with Gasteiger partial charge in [0, 0.05) is 23.4 Å². The SMILES string of the molecule is C=C(C)C(=O)OCCOC(=O)c1cccc(CC(O)CCl)c1C(=O)OCCOC(=O)C(=C)C. The molecule has 0 radical (unpaired) electrons. The van der Waals surface area contributed by atoms with E-state index in [2.05, 4.69) is 13.2 Å². The van der Waals surface area contributed by atoms with Crippen molar-refractivity contribution in [3.63, 3.8) is 0 Å². The van der Waals surface area contributed by atoms with E-state index in [1.165, 1.54) is 26.0 Å². The molecular weight excluding hydrogens is 456 g/mol. The molecule has 0 aliphatic rings. The Hall–Kier alpha value is -3.17. The van der Waals surface area contributed by atoms with E-state index in [0.717, 1.165) is 0 Å². The van der Waals surface area contributed by atoms with Crippen LogP contribution in [0.5, 0.6) is 0 Å². The average molecular weight is 483 g/mol. The molecule has 1 atom stereocenters. The first-order chi connectivity index (χ1) is 15.6. The number of carbonyl (C=O) groups is 4. The Balaban J connectivity index is 2.94. The molecule has 180 valence electrons. The van der Waals surface area contributed by atoms with Crippen molar-refractivity contribution in [3.05, 3.63) is 59.2 Å². The van der Waals surface area contributed by atoms with E-state index in [-0.39, 0.29) is 61.0 Å². The summed E-state index contributed by atoms with van der Waals surface area (Å²) in [5.41, 5.74) is 0.489. The first kappa shape index (κ1) is 27.9. The van der Waals surface area contributed by atoms with Crippen LogP contribution in [0.25, 0.3) is 0 Å². The Kier molecular flexibility index (Phi) is 11.9. The third-order valence-corrected chi connectivity index (χ3v) is 4.36. The van der Waals surface area contributed by atoms with Gasteiger partial charge in [0.15, 0.2) is 0 Å². The molecular formula is C23H27ClO9. The maximum Gasteiger partial charge on any atom is 0.339 e. The smallest absolute Gasteiger partial charge is 0.339 e. The van der Waals surface area contributed by atoms with E-state index in [1.54, 1.807) is 6.07 Å². The van der Waals surface area contributed by atoms with Gasteiger partial charge in [-0.15, -0.1) is 11.6 Å². The number of carbonyl (C=O) groups excluding carboxylic acids is 4. The van der Waals surface area contributed by atoms with Gasteiger partial charge in [0.25, 0.3) is 0 Å². The zero-order valence-corrected chi connectivity index (χ0v) is 19.3. The summed E-state index contributed by atoms with van der Waals surface area (Å²) in [6, 6.07) is 4.41. The third kappa shape index (κ3) is 9.46. The van der Waals surface area contributed by atoms with E-state index in [1.807, 2.05) is 0 Å². The lowest BCUT2D eigenvalue weighted by atomic mass is 9.97. The number of alkyl halides is 1. The van der Waals surface area contributed by atoms with Crippen LogP contribution in [0.4, 0.5) is 0 Å². The molecule has 33 heavy (non-hydrogen) atoms. The molecule has 0 aliphatic heterocycles. The second-order valence-electron chi connectivity index (χ2n) is 6.96. The quantitative estimate of drug-likeness (QED) is 0.148. The summed E-state index contributed by atoms with van der Waals surface area (Å²) in [4.78, 5) is 48.1. The summed E-state index contributed by atoms with van der Waals surface area (Å²) in [7, 11) is 0. The monoisotopic (exact) mass is 482 g/mol. The maximum absolute atomic E-state index is 12.8. The first-order valence-electron chi connectivity index (χ1n) is 9.93. The Bertz CT molecular complexity index is 907. The van der Waals surface area contributed by atoms with Crippen molar-refractivity contribution in [1.82, 2.24) is 0 Å². The van der Waals surface area contributed by atoms with Gasteiger partial charge >= 0.3 is 23.9 Å². The standard InChI is InChI=1S/C23H27ClO9/c1-14(2)20(26)30-8-10-32-22(28)18-7-5-6-16(12-17(25)13-24)19(18)23(29)33-11-9-31-21(27)15(3)4/h5-7,17,25H,1,3,8-13H2,2,4H3. The fourth-order valence-corrected chi connectivity index (χ4v) is 2.53. The van der Waals surface area contributed by atoms with E-state index in [4.69, 9.17) is 30.5 Å². The largest absolute Gasteiger partial charge is 0.459 e. The van der Waals surface area contributed by atoms with Crippen molar-refractivity contribution in [1.29, 1.82) is 0 Å². The number of esters is 4. The highest BCUT2D eigenvalue weighted by Gasteiger charge is 2.24. The van der Waals surface area contributed by atoms with Crippen molar-refractivity contribution in [2.75, 3.05) is 32.3 Å². The zero-order chi connectivity index (χ0) is 25.0. The number of rotatable bonds is 13. The van der Waals surface area contributed by atoms with Gasteiger partial charge in [0.05, 0.1) is 17.2 Å². The fourth-order valence-electron chi connectivity index (χ4n) is 2.42. The van der Waals surface area contributed by atoms with Gasteiger partial charge in [0.2, 0.25) is 0 Å². The highest BCUT2D eigenvalue weighted by atomic mass is 35.5. The molecule has 0 bridgehead atoms. The third-order valence-electron chi connectivity index (χ3n) is 4.00. The summed E-state index contributed by atoms with van der Waals surface area (Å²) in [6.07, 6.45) is -0.988. The van der Waals surface area contributed by atoms with Crippen LogP contribution < -0.4 is 0 Å². The number of halogens is 1. The molecule has 1 unspecified atom stereocenters. The molecule has 0 saturated carbocycles. The normalized spacial score (nSPS) is 11.2. The number of hydrogen-bond acceptors (Lipinski definition) is 9. The zero-order valence-electron chi connectivity index (χ0n) is 18.6. The molecule has 1 N–H and O–H groups in total. The van der Waals surface area contributed by atoms with Crippen LogP contribution in [0.15, 0.2) is 42.5 Å². The number of aliphatic hydroxyl groups excluding tert-OH is 1. The lowest BCUT2D eigenvalue weighted by Gasteiger charge is -2.15. The lowest BCUT2D eigenvalue weighted by molar-refractivity contribution is -0.140. The molecule has 0 aliphatic carbocycles. The van der Waals surface area contributed by atoms with Crippen LogP contribution in [0.2, 0.25) is 0 Å². The van der Waals surface area contributed by atoms with Crippen LogP contribution in [0.1, 0.15) is 40.1 Å². The number of hydrogen-bond donors (Lipinski definition) is 1. The van der Waals surface area contributed by atoms with Crippen molar-refractivity contribution in [3.8, 4) is 0 Å². The number of ether oxygens (including phenoxy) is 4. The van der Waals surface area contributed by atoms with Crippen LogP contribution in [0.3, 0.4) is 0 Å². The number of aliphatic hydroxyl groups is 1. The van der Waals surface area contributed by atoms with Crippen LogP contribution >= 0.6 is 11.6 Å². The Morgan fingerprint density at radius 1 is 0.879 bits per heavy atom. The fraction of sp³-hybridized carbons (Fsp3) is 0.391. The summed E-state index contributed by atoms with van der Waals surface area (Å²) in [5, 5.41) is 9.92. The average Bonchev–Trinajstić information content (AvgIpc) is 2.78. The summed E-state index contributed by atoms with van der Waals surface area (Å²) in [5.74, 6) is -3.08. The predicted octanol–water partition coefficient (Wildman–Crippen LogP) is 2.38. The van der Waals surface area contributed by atoms with Crippen LogP contribution in [-0.2, 0) is 35.0 Å². The highest BCUT2D eigenvalue weighted by Crippen LogP contribution is 2.20. The molecule has 0 spiro atoms. The van der Waals surface area contributed by atoms with Gasteiger partial charge in [-0.25, -0.2) is 19.2 Å². The molecule has 0 amide bonds. The van der Waals surface area contributed by atoms with E-state index in [9.17, 15) is 24.3 Å². The Labute approximate surface area is 196 Å².